The average Bonchev–Trinajstić information content (AvgIpc) is 2.30. The number of halogens is 3. The van der Waals surface area contributed by atoms with Gasteiger partial charge in [0.25, 0.3) is 0 Å². The standard InChI is InChI=1S/C12H17F3N2OS/c1-2-4-18-11-7-9(16)6-10(8-11)17-3-5-19-12(13,14)15/h6-8,17H,2-5,16H2,1H3. The number of benzene rings is 1. The maximum Gasteiger partial charge on any atom is 0.441 e. The largest absolute Gasteiger partial charge is 0.493 e. The molecule has 7 heteroatoms. The molecule has 0 saturated heterocycles. The smallest absolute Gasteiger partial charge is 0.441 e. The monoisotopic (exact) mass is 294 g/mol. The average molecular weight is 294 g/mol. The van der Waals surface area contributed by atoms with Gasteiger partial charge < -0.3 is 15.8 Å². The van der Waals surface area contributed by atoms with Crippen molar-refractivity contribution in [1.29, 1.82) is 0 Å². The topological polar surface area (TPSA) is 47.3 Å². The Morgan fingerprint density at radius 2 is 2.05 bits per heavy atom. The van der Waals surface area contributed by atoms with Crippen LogP contribution < -0.4 is 15.8 Å². The van der Waals surface area contributed by atoms with Gasteiger partial charge in [0.2, 0.25) is 0 Å². The van der Waals surface area contributed by atoms with Crippen LogP contribution in [0.1, 0.15) is 13.3 Å². The van der Waals surface area contributed by atoms with Crippen LogP contribution in [0.5, 0.6) is 5.75 Å². The second-order valence-electron chi connectivity index (χ2n) is 3.86. The van der Waals surface area contributed by atoms with Crippen LogP contribution in [-0.2, 0) is 0 Å². The van der Waals surface area contributed by atoms with Gasteiger partial charge in [0.1, 0.15) is 5.75 Å². The fraction of sp³-hybridized carbons (Fsp3) is 0.500. The Labute approximate surface area is 114 Å². The van der Waals surface area contributed by atoms with Crippen LogP contribution in [0.25, 0.3) is 0 Å². The molecule has 0 aliphatic rings. The summed E-state index contributed by atoms with van der Waals surface area (Å²) in [6, 6.07) is 5.08. The van der Waals surface area contributed by atoms with Crippen molar-refractivity contribution in [2.75, 3.05) is 30.0 Å². The van der Waals surface area contributed by atoms with E-state index >= 15 is 0 Å². The summed E-state index contributed by atoms with van der Waals surface area (Å²) in [6.45, 7) is 2.77. The lowest BCUT2D eigenvalue weighted by molar-refractivity contribution is -0.0327. The summed E-state index contributed by atoms with van der Waals surface area (Å²) < 4.78 is 41.3. The summed E-state index contributed by atoms with van der Waals surface area (Å²) >= 11 is -0.0499. The molecule has 0 atom stereocenters. The summed E-state index contributed by atoms with van der Waals surface area (Å²) in [6.07, 6.45) is 0.875. The Morgan fingerprint density at radius 3 is 2.68 bits per heavy atom. The van der Waals surface area contributed by atoms with Crippen LogP contribution in [-0.4, -0.2) is 24.4 Å². The summed E-state index contributed by atoms with van der Waals surface area (Å²) in [5, 5.41) is 2.89. The highest BCUT2D eigenvalue weighted by atomic mass is 32.2. The van der Waals surface area contributed by atoms with Crippen molar-refractivity contribution >= 4 is 23.1 Å². The normalized spacial score (nSPS) is 11.4. The molecule has 108 valence electrons. The number of thioether (sulfide) groups is 1. The third kappa shape index (κ3) is 7.05. The number of nitrogens with one attached hydrogen (secondary N) is 1. The van der Waals surface area contributed by atoms with Gasteiger partial charge in [-0.15, -0.1) is 0 Å². The van der Waals surface area contributed by atoms with E-state index in [1.165, 1.54) is 0 Å². The minimum Gasteiger partial charge on any atom is -0.493 e. The molecule has 0 bridgehead atoms. The Balaban J connectivity index is 2.46. The number of hydrogen-bond donors (Lipinski definition) is 2. The minimum absolute atomic E-state index is 0.0499. The van der Waals surface area contributed by atoms with Gasteiger partial charge in [-0.05, 0) is 24.2 Å². The van der Waals surface area contributed by atoms with Gasteiger partial charge in [-0.1, -0.05) is 6.92 Å². The van der Waals surface area contributed by atoms with Crippen molar-refractivity contribution in [3.63, 3.8) is 0 Å². The SMILES string of the molecule is CCCOc1cc(N)cc(NCCSC(F)(F)F)c1. The molecule has 0 saturated carbocycles. The van der Waals surface area contributed by atoms with E-state index in [-0.39, 0.29) is 24.1 Å². The third-order valence-corrected chi connectivity index (χ3v) is 2.83. The quantitative estimate of drug-likeness (QED) is 0.594. The van der Waals surface area contributed by atoms with Crippen molar-refractivity contribution < 1.29 is 17.9 Å². The Kier molecular flexibility index (Phi) is 6.14. The highest BCUT2D eigenvalue weighted by Crippen LogP contribution is 2.30. The van der Waals surface area contributed by atoms with Crippen LogP contribution in [0.2, 0.25) is 0 Å². The van der Waals surface area contributed by atoms with E-state index in [9.17, 15) is 13.2 Å². The maximum absolute atomic E-state index is 11.9. The molecule has 0 radical (unpaired) electrons. The summed E-state index contributed by atoms with van der Waals surface area (Å²) in [4.78, 5) is 0. The van der Waals surface area contributed by atoms with Crippen LogP contribution in [0.4, 0.5) is 24.5 Å². The predicted octanol–water partition coefficient (Wildman–Crippen LogP) is 3.72. The van der Waals surface area contributed by atoms with Gasteiger partial charge in [0.05, 0.1) is 6.61 Å². The zero-order chi connectivity index (χ0) is 14.3. The first-order valence-corrected chi connectivity index (χ1v) is 6.87. The molecule has 0 aromatic heterocycles. The fourth-order valence-corrected chi connectivity index (χ4v) is 1.83. The first-order chi connectivity index (χ1) is 8.90. The number of alkyl halides is 3. The zero-order valence-corrected chi connectivity index (χ0v) is 11.4. The van der Waals surface area contributed by atoms with E-state index in [1.807, 2.05) is 6.92 Å². The molecule has 0 aliphatic carbocycles. The molecule has 3 nitrogen and oxygen atoms in total. The predicted molar refractivity (Wildman–Crippen MR) is 73.6 cm³/mol. The van der Waals surface area contributed by atoms with Crippen LogP contribution in [0.3, 0.4) is 0 Å². The number of nitrogen functional groups attached to an aromatic ring is 1. The van der Waals surface area contributed by atoms with Crippen molar-refractivity contribution in [2.24, 2.45) is 0 Å². The summed E-state index contributed by atoms with van der Waals surface area (Å²) in [5.74, 6) is 0.566. The molecule has 0 aliphatic heterocycles. The summed E-state index contributed by atoms with van der Waals surface area (Å²) in [5.41, 5.74) is 2.69. The lowest BCUT2D eigenvalue weighted by Crippen LogP contribution is -2.09. The zero-order valence-electron chi connectivity index (χ0n) is 10.6. The lowest BCUT2D eigenvalue weighted by Gasteiger charge is -2.11. The van der Waals surface area contributed by atoms with E-state index in [0.717, 1.165) is 6.42 Å². The molecule has 0 fully saturated rings. The van der Waals surface area contributed by atoms with Crippen molar-refractivity contribution in [2.45, 2.75) is 18.9 Å². The van der Waals surface area contributed by atoms with Crippen LogP contribution >= 0.6 is 11.8 Å². The number of nitrogens with two attached hydrogens (primary N) is 1. The Morgan fingerprint density at radius 1 is 1.32 bits per heavy atom. The third-order valence-electron chi connectivity index (χ3n) is 2.10. The van der Waals surface area contributed by atoms with Gasteiger partial charge in [-0.2, -0.15) is 13.2 Å². The molecule has 1 aromatic rings. The van der Waals surface area contributed by atoms with Crippen LogP contribution in [0.15, 0.2) is 18.2 Å². The second-order valence-corrected chi connectivity index (χ2v) is 5.02. The van der Waals surface area contributed by atoms with Gasteiger partial charge in [0, 0.05) is 35.8 Å². The lowest BCUT2D eigenvalue weighted by atomic mass is 10.2. The maximum atomic E-state index is 11.9. The van der Waals surface area contributed by atoms with E-state index < -0.39 is 5.51 Å². The second kappa shape index (κ2) is 7.37. The molecule has 0 heterocycles. The van der Waals surface area contributed by atoms with Gasteiger partial charge >= 0.3 is 5.51 Å². The Bertz CT molecular complexity index is 399. The number of rotatable bonds is 7. The van der Waals surface area contributed by atoms with E-state index in [1.54, 1.807) is 18.2 Å². The highest BCUT2D eigenvalue weighted by Gasteiger charge is 2.27. The van der Waals surface area contributed by atoms with E-state index in [2.05, 4.69) is 5.32 Å². The summed E-state index contributed by atoms with van der Waals surface area (Å²) in [7, 11) is 0. The van der Waals surface area contributed by atoms with E-state index in [4.69, 9.17) is 10.5 Å². The first kappa shape index (κ1) is 15.8. The fourth-order valence-electron chi connectivity index (χ4n) is 1.39. The molecule has 1 aromatic carbocycles. The van der Waals surface area contributed by atoms with Gasteiger partial charge in [-0.25, -0.2) is 0 Å². The minimum atomic E-state index is -4.19. The Hall–Kier alpha value is -1.24. The van der Waals surface area contributed by atoms with Gasteiger partial charge in [-0.3, -0.25) is 0 Å². The van der Waals surface area contributed by atoms with Gasteiger partial charge in [0.15, 0.2) is 0 Å². The molecule has 0 amide bonds. The molecular weight excluding hydrogens is 277 g/mol. The van der Waals surface area contributed by atoms with E-state index in [0.29, 0.717) is 23.7 Å². The molecule has 0 unspecified atom stereocenters. The highest BCUT2D eigenvalue weighted by molar-refractivity contribution is 8.00. The number of anilines is 2. The number of hydrogen-bond acceptors (Lipinski definition) is 4. The molecule has 0 spiro atoms. The molecule has 3 N–H and O–H groups in total. The molecule has 19 heavy (non-hydrogen) atoms. The van der Waals surface area contributed by atoms with Crippen molar-refractivity contribution in [3.8, 4) is 5.75 Å². The first-order valence-electron chi connectivity index (χ1n) is 5.88. The molecule has 1 rings (SSSR count). The van der Waals surface area contributed by atoms with Crippen LogP contribution in [0, 0.1) is 0 Å². The van der Waals surface area contributed by atoms with Crippen molar-refractivity contribution in [3.05, 3.63) is 18.2 Å². The molecular formula is C12H17F3N2OS. The van der Waals surface area contributed by atoms with Crippen molar-refractivity contribution in [1.82, 2.24) is 0 Å². The number of ether oxygens (including phenoxy) is 1.